The van der Waals surface area contributed by atoms with E-state index in [0.717, 1.165) is 6.42 Å². The van der Waals surface area contributed by atoms with Gasteiger partial charge in [-0.1, -0.05) is 30.1 Å². The molecular formula is C15H20Cl2N2O3. The number of aliphatic hydroxyl groups excluding tert-OH is 1. The number of carbonyl (C=O) groups excluding carboxylic acids is 1. The van der Waals surface area contributed by atoms with Crippen molar-refractivity contribution in [3.05, 3.63) is 27.7 Å². The number of phenols is 1. The lowest BCUT2D eigenvalue weighted by Gasteiger charge is -2.38. The van der Waals surface area contributed by atoms with Gasteiger partial charge in [0.2, 0.25) is 0 Å². The summed E-state index contributed by atoms with van der Waals surface area (Å²) in [6.45, 7) is 4.60. The van der Waals surface area contributed by atoms with Gasteiger partial charge in [-0.25, -0.2) is 0 Å². The average Bonchev–Trinajstić information content (AvgIpc) is 2.48. The Morgan fingerprint density at radius 2 is 1.91 bits per heavy atom. The molecule has 0 aromatic heterocycles. The number of phenolic OH excluding ortho intramolecular Hbond substituents is 1. The first-order chi connectivity index (χ1) is 10.5. The molecule has 1 fully saturated rings. The molecule has 1 aromatic carbocycles. The van der Waals surface area contributed by atoms with E-state index >= 15 is 0 Å². The summed E-state index contributed by atoms with van der Waals surface area (Å²) < 4.78 is 0. The standard InChI is InChI=1S/C15H20Cl2N2O3/c1-2-11(9-20)18-3-5-19(6-4-18)15(22)14-12(17)7-10(16)8-13(14)21/h7-8,11,20-21H,2-6,9H2,1H3. The summed E-state index contributed by atoms with van der Waals surface area (Å²) in [6.07, 6.45) is 0.869. The second-order valence-corrected chi connectivity index (χ2v) is 6.20. The highest BCUT2D eigenvalue weighted by molar-refractivity contribution is 6.37. The molecule has 1 unspecified atom stereocenters. The van der Waals surface area contributed by atoms with E-state index in [-0.39, 0.29) is 39.9 Å². The van der Waals surface area contributed by atoms with E-state index in [9.17, 15) is 15.0 Å². The van der Waals surface area contributed by atoms with Crippen molar-refractivity contribution in [1.29, 1.82) is 0 Å². The maximum Gasteiger partial charge on any atom is 0.259 e. The Bertz CT molecular complexity index is 519. The van der Waals surface area contributed by atoms with Crippen molar-refractivity contribution < 1.29 is 15.0 Å². The van der Waals surface area contributed by atoms with E-state index in [2.05, 4.69) is 4.90 Å². The number of aromatic hydroxyl groups is 1. The van der Waals surface area contributed by atoms with Gasteiger partial charge >= 0.3 is 0 Å². The Hall–Kier alpha value is -1.01. The number of carbonyl (C=O) groups is 1. The lowest BCUT2D eigenvalue weighted by molar-refractivity contribution is 0.0470. The maximum absolute atomic E-state index is 12.5. The lowest BCUT2D eigenvalue weighted by atomic mass is 10.1. The zero-order chi connectivity index (χ0) is 16.3. The van der Waals surface area contributed by atoms with Crippen molar-refractivity contribution in [2.45, 2.75) is 19.4 Å². The van der Waals surface area contributed by atoms with Crippen LogP contribution in [-0.2, 0) is 0 Å². The van der Waals surface area contributed by atoms with Crippen molar-refractivity contribution in [3.8, 4) is 5.75 Å². The molecule has 1 atom stereocenters. The van der Waals surface area contributed by atoms with Gasteiger partial charge in [-0.2, -0.15) is 0 Å². The van der Waals surface area contributed by atoms with Crippen LogP contribution >= 0.6 is 23.2 Å². The average molecular weight is 347 g/mol. The van der Waals surface area contributed by atoms with E-state index in [1.807, 2.05) is 6.92 Å². The Morgan fingerprint density at radius 3 is 2.41 bits per heavy atom. The summed E-state index contributed by atoms with van der Waals surface area (Å²) in [5, 5.41) is 19.7. The minimum Gasteiger partial charge on any atom is -0.507 e. The first kappa shape index (κ1) is 17.3. The minimum absolute atomic E-state index is 0.0914. The molecule has 0 spiro atoms. The Labute approximate surface area is 140 Å². The minimum atomic E-state index is -0.295. The Morgan fingerprint density at radius 1 is 1.27 bits per heavy atom. The van der Waals surface area contributed by atoms with E-state index in [1.165, 1.54) is 12.1 Å². The van der Waals surface area contributed by atoms with Crippen LogP contribution in [0.25, 0.3) is 0 Å². The predicted molar refractivity (Wildman–Crippen MR) is 86.8 cm³/mol. The molecule has 22 heavy (non-hydrogen) atoms. The highest BCUT2D eigenvalue weighted by atomic mass is 35.5. The van der Waals surface area contributed by atoms with E-state index < -0.39 is 0 Å². The van der Waals surface area contributed by atoms with Crippen LogP contribution in [0.4, 0.5) is 0 Å². The molecule has 5 nitrogen and oxygen atoms in total. The zero-order valence-electron chi connectivity index (χ0n) is 12.4. The molecule has 2 rings (SSSR count). The fraction of sp³-hybridized carbons (Fsp3) is 0.533. The summed E-state index contributed by atoms with van der Waals surface area (Å²) in [6, 6.07) is 2.89. The van der Waals surface area contributed by atoms with Crippen molar-refractivity contribution in [2.24, 2.45) is 0 Å². The number of benzene rings is 1. The molecule has 0 saturated carbocycles. The summed E-state index contributed by atoms with van der Waals surface area (Å²) >= 11 is 11.8. The number of halogens is 2. The van der Waals surface area contributed by atoms with Gasteiger partial charge in [0, 0.05) is 37.2 Å². The van der Waals surface area contributed by atoms with Gasteiger partial charge in [0.15, 0.2) is 0 Å². The normalized spacial score (nSPS) is 17.5. The summed E-state index contributed by atoms with van der Waals surface area (Å²) in [4.78, 5) is 16.4. The second-order valence-electron chi connectivity index (χ2n) is 5.35. The molecule has 0 bridgehead atoms. The van der Waals surface area contributed by atoms with Crippen LogP contribution in [0, 0.1) is 0 Å². The lowest BCUT2D eigenvalue weighted by Crippen LogP contribution is -2.52. The molecular weight excluding hydrogens is 327 g/mol. The van der Waals surface area contributed by atoms with Crippen LogP contribution in [0.1, 0.15) is 23.7 Å². The number of piperazine rings is 1. The van der Waals surface area contributed by atoms with Gasteiger partial charge in [-0.05, 0) is 18.6 Å². The topological polar surface area (TPSA) is 64.0 Å². The largest absolute Gasteiger partial charge is 0.507 e. The van der Waals surface area contributed by atoms with Gasteiger partial charge in [0.1, 0.15) is 5.75 Å². The monoisotopic (exact) mass is 346 g/mol. The van der Waals surface area contributed by atoms with Crippen molar-refractivity contribution >= 4 is 29.1 Å². The van der Waals surface area contributed by atoms with E-state index in [1.54, 1.807) is 4.90 Å². The van der Waals surface area contributed by atoms with Crippen LogP contribution in [0.5, 0.6) is 5.75 Å². The SMILES string of the molecule is CCC(CO)N1CCN(C(=O)c2c(O)cc(Cl)cc2Cl)CC1. The second kappa shape index (κ2) is 7.51. The summed E-state index contributed by atoms with van der Waals surface area (Å²) in [5.41, 5.74) is 0.0914. The Balaban J connectivity index is 2.07. The summed E-state index contributed by atoms with van der Waals surface area (Å²) in [7, 11) is 0. The van der Waals surface area contributed by atoms with Crippen molar-refractivity contribution in [1.82, 2.24) is 9.80 Å². The van der Waals surface area contributed by atoms with Crippen molar-refractivity contribution in [2.75, 3.05) is 32.8 Å². The number of hydrogen-bond acceptors (Lipinski definition) is 4. The predicted octanol–water partition coefficient (Wildman–Crippen LogP) is 2.23. The molecule has 7 heteroatoms. The van der Waals surface area contributed by atoms with Crippen molar-refractivity contribution in [3.63, 3.8) is 0 Å². The first-order valence-corrected chi connectivity index (χ1v) is 8.05. The fourth-order valence-corrected chi connectivity index (χ4v) is 3.29. The molecule has 0 aliphatic carbocycles. The molecule has 1 aromatic rings. The van der Waals surface area contributed by atoms with Crippen LogP contribution in [0.15, 0.2) is 12.1 Å². The van der Waals surface area contributed by atoms with E-state index in [4.69, 9.17) is 23.2 Å². The molecule has 2 N–H and O–H groups in total. The third-order valence-electron chi connectivity index (χ3n) is 4.05. The van der Waals surface area contributed by atoms with Gasteiger partial charge in [-0.3, -0.25) is 9.69 Å². The highest BCUT2D eigenvalue weighted by Gasteiger charge is 2.28. The van der Waals surface area contributed by atoms with Crippen LogP contribution < -0.4 is 0 Å². The smallest absolute Gasteiger partial charge is 0.259 e. The molecule has 1 heterocycles. The molecule has 122 valence electrons. The quantitative estimate of drug-likeness (QED) is 0.877. The fourth-order valence-electron chi connectivity index (χ4n) is 2.72. The molecule has 1 aliphatic rings. The molecule has 1 aliphatic heterocycles. The number of hydrogen-bond donors (Lipinski definition) is 2. The maximum atomic E-state index is 12.5. The van der Waals surface area contributed by atoms with Gasteiger partial charge in [0.25, 0.3) is 5.91 Å². The van der Waals surface area contributed by atoms with Gasteiger partial charge in [0.05, 0.1) is 17.2 Å². The van der Waals surface area contributed by atoms with Crippen LogP contribution in [-0.4, -0.2) is 64.7 Å². The number of rotatable bonds is 4. The van der Waals surface area contributed by atoms with E-state index in [0.29, 0.717) is 26.2 Å². The third kappa shape index (κ3) is 3.66. The van der Waals surface area contributed by atoms with Gasteiger partial charge in [-0.15, -0.1) is 0 Å². The molecule has 1 saturated heterocycles. The van der Waals surface area contributed by atoms with Crippen LogP contribution in [0.2, 0.25) is 10.0 Å². The first-order valence-electron chi connectivity index (χ1n) is 7.30. The third-order valence-corrected chi connectivity index (χ3v) is 4.56. The Kier molecular flexibility index (Phi) is 5.92. The molecule has 1 amide bonds. The van der Waals surface area contributed by atoms with Gasteiger partial charge < -0.3 is 15.1 Å². The zero-order valence-corrected chi connectivity index (χ0v) is 13.9. The van der Waals surface area contributed by atoms with Crippen LogP contribution in [0.3, 0.4) is 0 Å². The number of aliphatic hydroxyl groups is 1. The summed E-state index contributed by atoms with van der Waals surface area (Å²) in [5.74, 6) is -0.498. The number of amides is 1. The molecule has 0 radical (unpaired) electrons. The highest BCUT2D eigenvalue weighted by Crippen LogP contribution is 2.31. The number of nitrogens with zero attached hydrogens (tertiary/aromatic N) is 2.